The van der Waals surface area contributed by atoms with Crippen LogP contribution in [0.2, 0.25) is 0 Å². The van der Waals surface area contributed by atoms with Crippen LogP contribution in [0.25, 0.3) is 0 Å². The van der Waals surface area contributed by atoms with Crippen LogP contribution in [0, 0.1) is 6.92 Å². The van der Waals surface area contributed by atoms with Gasteiger partial charge in [-0.3, -0.25) is 0 Å². The average molecular weight is 373 g/mol. The van der Waals surface area contributed by atoms with Gasteiger partial charge in [0, 0.05) is 6.04 Å². The number of fused-ring (bicyclic) bond motifs is 2. The SMILES string of the molecule is Cc1ccc(CS(=O)(=O)NC2CCCc3cc4c(cc32)OCCO4)cc1. The molecule has 0 spiro atoms. The second-order valence-corrected chi connectivity index (χ2v) is 8.76. The van der Waals surface area contributed by atoms with Gasteiger partial charge in [-0.15, -0.1) is 0 Å². The van der Waals surface area contributed by atoms with Crippen molar-refractivity contribution in [2.45, 2.75) is 38.0 Å². The molecule has 4 rings (SSSR count). The van der Waals surface area contributed by atoms with E-state index >= 15 is 0 Å². The summed E-state index contributed by atoms with van der Waals surface area (Å²) in [5.74, 6) is 1.46. The predicted molar refractivity (Wildman–Crippen MR) is 100 cm³/mol. The molecule has 138 valence electrons. The molecule has 0 aromatic heterocycles. The van der Waals surface area contributed by atoms with Gasteiger partial charge in [0.2, 0.25) is 10.0 Å². The third kappa shape index (κ3) is 3.71. The maximum atomic E-state index is 12.7. The fourth-order valence-corrected chi connectivity index (χ4v) is 5.02. The largest absolute Gasteiger partial charge is 0.486 e. The molecule has 0 saturated heterocycles. The molecule has 1 aliphatic carbocycles. The smallest absolute Gasteiger partial charge is 0.216 e. The lowest BCUT2D eigenvalue weighted by molar-refractivity contribution is 0.171. The molecule has 5 nitrogen and oxygen atoms in total. The summed E-state index contributed by atoms with van der Waals surface area (Å²) < 4.78 is 39.6. The molecule has 0 fully saturated rings. The quantitative estimate of drug-likeness (QED) is 0.893. The summed E-state index contributed by atoms with van der Waals surface area (Å²) in [6, 6.07) is 11.3. The summed E-state index contributed by atoms with van der Waals surface area (Å²) in [4.78, 5) is 0. The Morgan fingerprint density at radius 3 is 2.50 bits per heavy atom. The van der Waals surface area contributed by atoms with E-state index in [1.54, 1.807) is 0 Å². The maximum Gasteiger partial charge on any atom is 0.216 e. The van der Waals surface area contributed by atoms with E-state index in [0.29, 0.717) is 19.0 Å². The predicted octanol–water partition coefficient (Wildman–Crippen LogP) is 3.26. The zero-order chi connectivity index (χ0) is 18.1. The minimum absolute atomic E-state index is 0.0103. The van der Waals surface area contributed by atoms with E-state index in [1.165, 1.54) is 0 Å². The first-order chi connectivity index (χ1) is 12.5. The molecule has 0 saturated carbocycles. The van der Waals surface area contributed by atoms with Gasteiger partial charge >= 0.3 is 0 Å². The van der Waals surface area contributed by atoms with E-state index in [1.807, 2.05) is 43.3 Å². The van der Waals surface area contributed by atoms with Crippen molar-refractivity contribution >= 4 is 10.0 Å². The van der Waals surface area contributed by atoms with E-state index in [4.69, 9.17) is 9.47 Å². The fourth-order valence-electron chi connectivity index (χ4n) is 3.62. The summed E-state index contributed by atoms with van der Waals surface area (Å²) in [7, 11) is -3.43. The number of hydrogen-bond donors (Lipinski definition) is 1. The van der Waals surface area contributed by atoms with Gasteiger partial charge in [0.25, 0.3) is 0 Å². The molecule has 1 atom stereocenters. The molecule has 1 unspecified atom stereocenters. The normalized spacial score (nSPS) is 19.0. The number of ether oxygens (including phenoxy) is 2. The molecule has 1 N–H and O–H groups in total. The summed E-state index contributed by atoms with van der Waals surface area (Å²) in [5, 5.41) is 0. The number of benzene rings is 2. The van der Waals surface area contributed by atoms with Crippen molar-refractivity contribution in [3.8, 4) is 11.5 Å². The van der Waals surface area contributed by atoms with Crippen LogP contribution in [-0.2, 0) is 22.2 Å². The first-order valence-electron chi connectivity index (χ1n) is 8.98. The van der Waals surface area contributed by atoms with E-state index in [0.717, 1.165) is 47.3 Å². The first-order valence-corrected chi connectivity index (χ1v) is 10.6. The molecule has 2 aromatic carbocycles. The average Bonchev–Trinajstić information content (AvgIpc) is 2.62. The van der Waals surface area contributed by atoms with Gasteiger partial charge in [0.1, 0.15) is 13.2 Å². The van der Waals surface area contributed by atoms with Crippen LogP contribution < -0.4 is 14.2 Å². The van der Waals surface area contributed by atoms with Gasteiger partial charge in [-0.1, -0.05) is 29.8 Å². The number of aryl methyl sites for hydroxylation is 2. The van der Waals surface area contributed by atoms with Gasteiger partial charge in [0.15, 0.2) is 11.5 Å². The van der Waals surface area contributed by atoms with Gasteiger partial charge in [-0.25, -0.2) is 13.1 Å². The van der Waals surface area contributed by atoms with Crippen LogP contribution in [0.15, 0.2) is 36.4 Å². The minimum atomic E-state index is -3.43. The van der Waals surface area contributed by atoms with E-state index in [-0.39, 0.29) is 11.8 Å². The zero-order valence-corrected chi connectivity index (χ0v) is 15.6. The molecule has 1 aliphatic heterocycles. The van der Waals surface area contributed by atoms with Crippen molar-refractivity contribution in [1.82, 2.24) is 4.72 Å². The Morgan fingerprint density at radius 2 is 1.77 bits per heavy atom. The van der Waals surface area contributed by atoms with Crippen molar-refractivity contribution in [3.05, 3.63) is 58.7 Å². The number of rotatable bonds is 4. The topological polar surface area (TPSA) is 64.6 Å². The molecule has 0 amide bonds. The van der Waals surface area contributed by atoms with Crippen LogP contribution in [0.5, 0.6) is 11.5 Å². The number of nitrogens with one attached hydrogen (secondary N) is 1. The molecule has 2 aliphatic rings. The highest BCUT2D eigenvalue weighted by Gasteiger charge is 2.27. The Bertz CT molecular complexity index is 906. The van der Waals surface area contributed by atoms with Gasteiger partial charge in [-0.05, 0) is 55.0 Å². The Hall–Kier alpha value is -2.05. The number of sulfonamides is 1. The second kappa shape index (κ2) is 6.93. The standard InChI is InChI=1S/C20H23NO4S/c1-14-5-7-15(8-6-14)13-26(22,23)21-18-4-2-3-16-11-19-20(12-17(16)18)25-10-9-24-19/h5-8,11-12,18,21H,2-4,9-10,13H2,1H3. The van der Waals surface area contributed by atoms with Crippen LogP contribution in [0.3, 0.4) is 0 Å². The van der Waals surface area contributed by atoms with Gasteiger partial charge in [-0.2, -0.15) is 0 Å². The summed E-state index contributed by atoms with van der Waals surface area (Å²) in [6.45, 7) is 3.07. The van der Waals surface area contributed by atoms with E-state index in [9.17, 15) is 8.42 Å². The molecular formula is C20H23NO4S. The molecule has 0 radical (unpaired) electrons. The Morgan fingerprint density at radius 1 is 1.08 bits per heavy atom. The highest BCUT2D eigenvalue weighted by Crippen LogP contribution is 2.39. The third-order valence-electron chi connectivity index (χ3n) is 4.92. The van der Waals surface area contributed by atoms with E-state index < -0.39 is 10.0 Å². The highest BCUT2D eigenvalue weighted by atomic mass is 32.2. The van der Waals surface area contributed by atoms with Crippen molar-refractivity contribution in [1.29, 1.82) is 0 Å². The van der Waals surface area contributed by atoms with Crippen molar-refractivity contribution < 1.29 is 17.9 Å². The van der Waals surface area contributed by atoms with Crippen LogP contribution in [-0.4, -0.2) is 21.6 Å². The Balaban J connectivity index is 1.56. The summed E-state index contributed by atoms with van der Waals surface area (Å²) in [5.41, 5.74) is 4.06. The molecular weight excluding hydrogens is 350 g/mol. The van der Waals surface area contributed by atoms with Crippen LogP contribution in [0.4, 0.5) is 0 Å². The maximum absolute atomic E-state index is 12.7. The molecule has 26 heavy (non-hydrogen) atoms. The fraction of sp³-hybridized carbons (Fsp3) is 0.400. The lowest BCUT2D eigenvalue weighted by atomic mass is 9.88. The highest BCUT2D eigenvalue weighted by molar-refractivity contribution is 7.88. The van der Waals surface area contributed by atoms with E-state index in [2.05, 4.69) is 4.72 Å². The van der Waals surface area contributed by atoms with Crippen LogP contribution in [0.1, 0.15) is 41.1 Å². The summed E-state index contributed by atoms with van der Waals surface area (Å²) >= 11 is 0. The molecule has 0 bridgehead atoms. The first kappa shape index (κ1) is 17.4. The van der Waals surface area contributed by atoms with Gasteiger partial charge in [0.05, 0.1) is 5.75 Å². The van der Waals surface area contributed by atoms with Crippen molar-refractivity contribution in [2.75, 3.05) is 13.2 Å². The monoisotopic (exact) mass is 373 g/mol. The summed E-state index contributed by atoms with van der Waals surface area (Å²) in [6.07, 6.45) is 2.67. The Kier molecular flexibility index (Phi) is 4.63. The molecule has 2 aromatic rings. The molecule has 6 heteroatoms. The van der Waals surface area contributed by atoms with Crippen molar-refractivity contribution in [3.63, 3.8) is 0 Å². The molecule has 1 heterocycles. The van der Waals surface area contributed by atoms with Crippen molar-refractivity contribution in [2.24, 2.45) is 0 Å². The Labute approximate surface area is 154 Å². The van der Waals surface area contributed by atoms with Gasteiger partial charge < -0.3 is 9.47 Å². The second-order valence-electron chi connectivity index (χ2n) is 7.00. The lowest BCUT2D eigenvalue weighted by Gasteiger charge is -2.29. The number of hydrogen-bond acceptors (Lipinski definition) is 4. The minimum Gasteiger partial charge on any atom is -0.486 e. The lowest BCUT2D eigenvalue weighted by Crippen LogP contribution is -2.32. The van der Waals surface area contributed by atoms with Crippen LogP contribution >= 0.6 is 0 Å². The zero-order valence-electron chi connectivity index (χ0n) is 14.8. The third-order valence-corrected chi connectivity index (χ3v) is 6.27.